The monoisotopic (exact) mass is 447 g/mol. The first-order valence-electron chi connectivity index (χ1n) is 11.3. The topological polar surface area (TPSA) is 90.3 Å². The van der Waals surface area contributed by atoms with Crippen LogP contribution in [0.1, 0.15) is 45.2 Å². The molecule has 4 rings (SSSR count). The van der Waals surface area contributed by atoms with Crippen LogP contribution in [0.3, 0.4) is 0 Å². The SMILES string of the molecule is CCCCOc1cccc(C2C(C(=O)Nc3ccccc3OCC)=C(C)Nc3ncnn32)c1. The molecule has 172 valence electrons. The fourth-order valence-corrected chi connectivity index (χ4v) is 3.84. The second-order valence-corrected chi connectivity index (χ2v) is 7.75. The van der Waals surface area contributed by atoms with E-state index in [2.05, 4.69) is 27.6 Å². The van der Waals surface area contributed by atoms with E-state index in [1.165, 1.54) is 6.33 Å². The molecule has 2 aromatic carbocycles. The van der Waals surface area contributed by atoms with Crippen LogP contribution in [-0.2, 0) is 4.79 Å². The first-order valence-corrected chi connectivity index (χ1v) is 11.3. The van der Waals surface area contributed by atoms with Gasteiger partial charge in [0.05, 0.1) is 24.5 Å². The Labute approximate surface area is 193 Å². The lowest BCUT2D eigenvalue weighted by Crippen LogP contribution is -2.31. The average Bonchev–Trinajstić information content (AvgIpc) is 3.28. The van der Waals surface area contributed by atoms with E-state index < -0.39 is 6.04 Å². The van der Waals surface area contributed by atoms with Gasteiger partial charge in [0.15, 0.2) is 0 Å². The molecule has 0 bridgehead atoms. The van der Waals surface area contributed by atoms with Crippen LogP contribution < -0.4 is 20.1 Å². The minimum atomic E-state index is -0.460. The largest absolute Gasteiger partial charge is 0.494 e. The summed E-state index contributed by atoms with van der Waals surface area (Å²) in [6, 6.07) is 14.7. The molecular weight excluding hydrogens is 418 g/mol. The molecule has 0 aliphatic carbocycles. The maximum absolute atomic E-state index is 13.6. The quantitative estimate of drug-likeness (QED) is 0.459. The summed E-state index contributed by atoms with van der Waals surface area (Å²) in [6.07, 6.45) is 3.53. The maximum Gasteiger partial charge on any atom is 0.255 e. The van der Waals surface area contributed by atoms with Crippen LogP contribution in [0.2, 0.25) is 0 Å². The lowest BCUT2D eigenvalue weighted by molar-refractivity contribution is -0.113. The van der Waals surface area contributed by atoms with Crippen molar-refractivity contribution in [2.75, 3.05) is 23.8 Å². The van der Waals surface area contributed by atoms with Crippen LogP contribution >= 0.6 is 0 Å². The van der Waals surface area contributed by atoms with Crippen molar-refractivity contribution < 1.29 is 14.3 Å². The van der Waals surface area contributed by atoms with Crippen LogP contribution in [0.25, 0.3) is 0 Å². The number of anilines is 2. The predicted octanol–water partition coefficient (Wildman–Crippen LogP) is 4.78. The molecule has 0 radical (unpaired) electrons. The highest BCUT2D eigenvalue weighted by atomic mass is 16.5. The van der Waals surface area contributed by atoms with E-state index in [-0.39, 0.29) is 5.91 Å². The second kappa shape index (κ2) is 10.2. The molecule has 0 fully saturated rings. The molecule has 2 N–H and O–H groups in total. The van der Waals surface area contributed by atoms with Gasteiger partial charge in [-0.3, -0.25) is 4.79 Å². The highest BCUT2D eigenvalue weighted by molar-refractivity contribution is 6.06. The van der Waals surface area contributed by atoms with Gasteiger partial charge in [0.25, 0.3) is 5.91 Å². The Hall–Kier alpha value is -3.81. The lowest BCUT2D eigenvalue weighted by atomic mass is 9.94. The molecule has 8 nitrogen and oxygen atoms in total. The van der Waals surface area contributed by atoms with Gasteiger partial charge in [-0.05, 0) is 50.1 Å². The first-order chi connectivity index (χ1) is 16.1. The molecule has 33 heavy (non-hydrogen) atoms. The molecule has 1 aliphatic rings. The zero-order valence-electron chi connectivity index (χ0n) is 19.2. The molecule has 8 heteroatoms. The van der Waals surface area contributed by atoms with E-state index in [1.54, 1.807) is 4.68 Å². The molecule has 0 spiro atoms. The number of unbranched alkanes of at least 4 members (excludes halogenated alkanes) is 1. The Balaban J connectivity index is 1.69. The van der Waals surface area contributed by atoms with Gasteiger partial charge < -0.3 is 20.1 Å². The predicted molar refractivity (Wildman–Crippen MR) is 128 cm³/mol. The molecule has 1 aromatic heterocycles. The average molecular weight is 448 g/mol. The second-order valence-electron chi connectivity index (χ2n) is 7.75. The van der Waals surface area contributed by atoms with E-state index in [9.17, 15) is 4.79 Å². The summed E-state index contributed by atoms with van der Waals surface area (Å²) in [7, 11) is 0. The van der Waals surface area contributed by atoms with Crippen LogP contribution in [0.5, 0.6) is 11.5 Å². The lowest BCUT2D eigenvalue weighted by Gasteiger charge is -2.29. The van der Waals surface area contributed by atoms with Gasteiger partial charge in [-0.2, -0.15) is 10.1 Å². The minimum absolute atomic E-state index is 0.240. The van der Waals surface area contributed by atoms with Crippen LogP contribution in [0.4, 0.5) is 11.6 Å². The number of benzene rings is 2. The van der Waals surface area contributed by atoms with Gasteiger partial charge in [0.2, 0.25) is 5.95 Å². The third-order valence-corrected chi connectivity index (χ3v) is 5.41. The number of carbonyl (C=O) groups is 1. The maximum atomic E-state index is 13.6. The number of amides is 1. The van der Waals surface area contributed by atoms with Crippen molar-refractivity contribution in [3.63, 3.8) is 0 Å². The van der Waals surface area contributed by atoms with Crippen LogP contribution in [0, 0.1) is 0 Å². The van der Waals surface area contributed by atoms with E-state index in [4.69, 9.17) is 9.47 Å². The van der Waals surface area contributed by atoms with Gasteiger partial charge >= 0.3 is 0 Å². The number of aromatic nitrogens is 3. The number of ether oxygens (including phenoxy) is 2. The van der Waals surface area contributed by atoms with Crippen LogP contribution in [0.15, 0.2) is 66.1 Å². The summed E-state index contributed by atoms with van der Waals surface area (Å²) in [4.78, 5) is 17.9. The normalized spacial score (nSPS) is 14.9. The van der Waals surface area contributed by atoms with Gasteiger partial charge in [0, 0.05) is 5.70 Å². The van der Waals surface area contributed by atoms with Crippen LogP contribution in [-0.4, -0.2) is 33.9 Å². The zero-order valence-corrected chi connectivity index (χ0v) is 19.2. The molecule has 0 saturated carbocycles. The smallest absolute Gasteiger partial charge is 0.255 e. The highest BCUT2D eigenvalue weighted by Crippen LogP contribution is 2.37. The third-order valence-electron chi connectivity index (χ3n) is 5.41. The first kappa shape index (κ1) is 22.4. The van der Waals surface area contributed by atoms with Crippen molar-refractivity contribution in [1.82, 2.24) is 14.8 Å². The Bertz CT molecular complexity index is 1150. The number of nitrogens with zero attached hydrogens (tertiary/aromatic N) is 3. The summed E-state index contributed by atoms with van der Waals surface area (Å²) >= 11 is 0. The fraction of sp³-hybridized carbons (Fsp3) is 0.320. The number of para-hydroxylation sites is 2. The third kappa shape index (κ3) is 4.84. The van der Waals surface area contributed by atoms with Crippen molar-refractivity contribution in [2.45, 2.75) is 39.7 Å². The molecule has 1 unspecified atom stereocenters. The number of hydrogen-bond acceptors (Lipinski definition) is 6. The molecule has 1 amide bonds. The van der Waals surface area contributed by atoms with E-state index in [1.807, 2.05) is 62.4 Å². The van der Waals surface area contributed by atoms with Crippen molar-refractivity contribution in [3.05, 3.63) is 71.7 Å². The summed E-state index contributed by atoms with van der Waals surface area (Å²) < 4.78 is 13.3. The number of fused-ring (bicyclic) bond motifs is 1. The van der Waals surface area contributed by atoms with Crippen molar-refractivity contribution in [1.29, 1.82) is 0 Å². The Morgan fingerprint density at radius 3 is 2.82 bits per heavy atom. The highest BCUT2D eigenvalue weighted by Gasteiger charge is 2.34. The fourth-order valence-electron chi connectivity index (χ4n) is 3.84. The van der Waals surface area contributed by atoms with Gasteiger partial charge in [0.1, 0.15) is 23.9 Å². The molecule has 2 heterocycles. The van der Waals surface area contributed by atoms with Crippen molar-refractivity contribution in [3.8, 4) is 11.5 Å². The minimum Gasteiger partial charge on any atom is -0.494 e. The Morgan fingerprint density at radius 2 is 2.00 bits per heavy atom. The Kier molecular flexibility index (Phi) is 6.92. The molecular formula is C25H29N5O3. The van der Waals surface area contributed by atoms with Crippen molar-refractivity contribution >= 4 is 17.5 Å². The molecule has 1 atom stereocenters. The number of allylic oxidation sites excluding steroid dienone is 1. The number of rotatable bonds is 9. The van der Waals surface area contributed by atoms with Gasteiger partial charge in [-0.25, -0.2) is 4.68 Å². The Morgan fingerprint density at radius 1 is 1.15 bits per heavy atom. The summed E-state index contributed by atoms with van der Waals surface area (Å²) in [6.45, 7) is 7.07. The standard InChI is InChI=1S/C25H29N5O3/c1-4-6-14-33-19-11-9-10-18(15-19)23-22(17(3)28-25-26-16-27-30(23)25)24(31)29-20-12-7-8-13-21(20)32-5-2/h7-13,15-16,23H,4-6,14H2,1-3H3,(H,29,31)(H,26,27,28). The zero-order chi connectivity index (χ0) is 23.2. The van der Waals surface area contributed by atoms with E-state index in [0.717, 1.165) is 24.2 Å². The number of hydrogen-bond donors (Lipinski definition) is 2. The van der Waals surface area contributed by atoms with Gasteiger partial charge in [-0.15, -0.1) is 0 Å². The van der Waals surface area contributed by atoms with Crippen molar-refractivity contribution in [2.24, 2.45) is 0 Å². The van der Waals surface area contributed by atoms with E-state index in [0.29, 0.717) is 41.9 Å². The van der Waals surface area contributed by atoms with Gasteiger partial charge in [-0.1, -0.05) is 37.6 Å². The molecule has 0 saturated heterocycles. The summed E-state index contributed by atoms with van der Waals surface area (Å²) in [5.41, 5.74) is 2.76. The summed E-state index contributed by atoms with van der Waals surface area (Å²) in [5.74, 6) is 1.73. The molecule has 3 aromatic rings. The van der Waals surface area contributed by atoms with E-state index >= 15 is 0 Å². The molecule has 1 aliphatic heterocycles. The number of carbonyl (C=O) groups excluding carboxylic acids is 1. The summed E-state index contributed by atoms with van der Waals surface area (Å²) in [5, 5.41) is 10.6. The number of nitrogens with one attached hydrogen (secondary N) is 2.